The maximum Gasteiger partial charge on any atom is 0.419 e. The number of esters is 3. The van der Waals surface area contributed by atoms with E-state index in [2.05, 4.69) is 0 Å². The van der Waals surface area contributed by atoms with Gasteiger partial charge in [0.25, 0.3) is 0 Å². The molecule has 228 valence electrons. The van der Waals surface area contributed by atoms with Gasteiger partial charge in [-0.05, 0) is 75.7 Å². The van der Waals surface area contributed by atoms with Gasteiger partial charge in [-0.25, -0.2) is 9.69 Å². The van der Waals surface area contributed by atoms with E-state index in [0.29, 0.717) is 0 Å². The molecule has 0 radical (unpaired) electrons. The summed E-state index contributed by atoms with van der Waals surface area (Å²) in [6.07, 6.45) is -8.30. The third-order valence-electron chi connectivity index (χ3n) is 6.57. The monoisotopic (exact) mass is 571 g/mol. The van der Waals surface area contributed by atoms with Crippen LogP contribution in [0.2, 0.25) is 0 Å². The van der Waals surface area contributed by atoms with Crippen LogP contribution in [0.15, 0.2) is 0 Å². The third-order valence-corrected chi connectivity index (χ3v) is 6.57. The molecule has 2 fully saturated rings. The van der Waals surface area contributed by atoms with Gasteiger partial charge in [0.15, 0.2) is 24.5 Å². The van der Waals surface area contributed by atoms with Gasteiger partial charge >= 0.3 is 24.0 Å². The van der Waals surface area contributed by atoms with Crippen molar-refractivity contribution in [3.63, 3.8) is 0 Å². The molecule has 2 aliphatic rings. The summed E-state index contributed by atoms with van der Waals surface area (Å²) in [6.45, 7) is 17.4. The smallest absolute Gasteiger partial charge is 0.419 e. The molecule has 0 spiro atoms. The standard InChI is InChI=1S/C28H45NO11/c1-12-15(14(2)30)20(31)29-21-19(40-25(29)35)18(39-24(34)28(9,10)11)17(38-21)16(37-23(33)27(6,7)8)13-36-22(32)26(3,4)5/h14-19,21,30H,12-13H2,1-11H3/t14-,15+,16-,17-,18+,19-,21+/m1/s1. The highest BCUT2D eigenvalue weighted by atomic mass is 16.7. The maximum atomic E-state index is 13.3. The molecule has 0 aliphatic carbocycles. The van der Waals surface area contributed by atoms with Crippen molar-refractivity contribution >= 4 is 29.9 Å². The first kappa shape index (κ1) is 33.5. The predicted octanol–water partition coefficient (Wildman–Crippen LogP) is 2.97. The number of amides is 2. The molecule has 0 bridgehead atoms. The molecule has 2 rings (SSSR count). The van der Waals surface area contributed by atoms with Gasteiger partial charge in [-0.15, -0.1) is 0 Å². The second kappa shape index (κ2) is 12.0. The molecular formula is C28H45NO11. The summed E-state index contributed by atoms with van der Waals surface area (Å²) in [5.41, 5.74) is -2.77. The van der Waals surface area contributed by atoms with Crippen LogP contribution in [0.4, 0.5) is 4.79 Å². The zero-order chi connectivity index (χ0) is 31.0. The van der Waals surface area contributed by atoms with Gasteiger partial charge in [-0.3, -0.25) is 19.2 Å². The number of aliphatic hydroxyl groups excluding tert-OH is 1. The van der Waals surface area contributed by atoms with Crippen molar-refractivity contribution in [2.45, 2.75) is 119 Å². The van der Waals surface area contributed by atoms with E-state index in [1.54, 1.807) is 69.2 Å². The quantitative estimate of drug-likeness (QED) is 0.338. The van der Waals surface area contributed by atoms with Crippen molar-refractivity contribution in [2.75, 3.05) is 6.61 Å². The molecule has 2 amide bonds. The van der Waals surface area contributed by atoms with Gasteiger partial charge in [-0.1, -0.05) is 6.92 Å². The highest BCUT2D eigenvalue weighted by molar-refractivity contribution is 5.95. The first-order valence-corrected chi connectivity index (χ1v) is 13.6. The molecule has 1 N–H and O–H groups in total. The normalized spacial score (nSPS) is 25.4. The lowest BCUT2D eigenvalue weighted by Gasteiger charge is -2.32. The Morgan fingerprint density at radius 1 is 0.925 bits per heavy atom. The van der Waals surface area contributed by atoms with E-state index in [-0.39, 0.29) is 6.42 Å². The summed E-state index contributed by atoms with van der Waals surface area (Å²) in [7, 11) is 0. The summed E-state index contributed by atoms with van der Waals surface area (Å²) in [5, 5.41) is 10.1. The minimum atomic E-state index is -1.34. The fraction of sp³-hybridized carbons (Fsp3) is 0.821. The van der Waals surface area contributed by atoms with Crippen molar-refractivity contribution in [3.8, 4) is 0 Å². The molecule has 0 aromatic carbocycles. The molecule has 40 heavy (non-hydrogen) atoms. The number of rotatable bonds is 8. The Labute approximate surface area is 236 Å². The molecule has 2 aliphatic heterocycles. The second-order valence-electron chi connectivity index (χ2n) is 13.5. The van der Waals surface area contributed by atoms with E-state index in [4.69, 9.17) is 23.7 Å². The number of carbonyl (C=O) groups excluding carboxylic acids is 5. The highest BCUT2D eigenvalue weighted by Gasteiger charge is 2.62. The van der Waals surface area contributed by atoms with Gasteiger partial charge in [0.2, 0.25) is 5.91 Å². The molecule has 0 saturated carbocycles. The fourth-order valence-corrected chi connectivity index (χ4v) is 4.01. The Kier molecular flexibility index (Phi) is 10.1. The van der Waals surface area contributed by atoms with Crippen LogP contribution in [0.3, 0.4) is 0 Å². The van der Waals surface area contributed by atoms with Crippen LogP contribution in [0.1, 0.15) is 82.6 Å². The van der Waals surface area contributed by atoms with Gasteiger partial charge in [0.05, 0.1) is 28.3 Å². The minimum Gasteiger partial charge on any atom is -0.461 e. The average molecular weight is 572 g/mol. The number of nitrogens with zero attached hydrogens (tertiary/aromatic N) is 1. The van der Waals surface area contributed by atoms with Crippen molar-refractivity contribution < 1.29 is 52.8 Å². The van der Waals surface area contributed by atoms with E-state index in [1.807, 2.05) is 0 Å². The molecule has 0 unspecified atom stereocenters. The van der Waals surface area contributed by atoms with E-state index in [1.165, 1.54) is 6.92 Å². The van der Waals surface area contributed by atoms with Crippen LogP contribution < -0.4 is 0 Å². The van der Waals surface area contributed by atoms with E-state index >= 15 is 0 Å². The molecule has 2 heterocycles. The first-order chi connectivity index (χ1) is 18.1. The summed E-state index contributed by atoms with van der Waals surface area (Å²) < 4.78 is 28.6. The van der Waals surface area contributed by atoms with Gasteiger partial charge in [0.1, 0.15) is 12.7 Å². The predicted molar refractivity (Wildman–Crippen MR) is 140 cm³/mol. The lowest BCUT2D eigenvalue weighted by Crippen LogP contribution is -2.49. The molecule has 12 heteroatoms. The summed E-state index contributed by atoms with van der Waals surface area (Å²) >= 11 is 0. The van der Waals surface area contributed by atoms with Gasteiger partial charge < -0.3 is 28.8 Å². The van der Waals surface area contributed by atoms with Crippen LogP contribution in [0.5, 0.6) is 0 Å². The summed E-state index contributed by atoms with van der Waals surface area (Å²) in [4.78, 5) is 65.4. The van der Waals surface area contributed by atoms with Crippen molar-refractivity contribution in [3.05, 3.63) is 0 Å². The van der Waals surface area contributed by atoms with Crippen LogP contribution >= 0.6 is 0 Å². The summed E-state index contributed by atoms with van der Waals surface area (Å²) in [5.74, 6) is -3.52. The number of hydrogen-bond acceptors (Lipinski definition) is 11. The zero-order valence-electron chi connectivity index (χ0n) is 25.4. The molecule has 0 aromatic heterocycles. The van der Waals surface area contributed by atoms with Crippen LogP contribution in [0.25, 0.3) is 0 Å². The van der Waals surface area contributed by atoms with Crippen molar-refractivity contribution in [1.82, 2.24) is 4.90 Å². The molecule has 7 atom stereocenters. The Hall–Kier alpha value is -2.73. The van der Waals surface area contributed by atoms with Gasteiger partial charge in [-0.2, -0.15) is 0 Å². The average Bonchev–Trinajstić information content (AvgIpc) is 3.28. The zero-order valence-corrected chi connectivity index (χ0v) is 25.4. The molecular weight excluding hydrogens is 526 g/mol. The number of fused-ring (bicyclic) bond motifs is 1. The Bertz CT molecular complexity index is 986. The second-order valence-corrected chi connectivity index (χ2v) is 13.5. The minimum absolute atomic E-state index is 0.234. The maximum absolute atomic E-state index is 13.3. The number of aliphatic hydroxyl groups is 1. The van der Waals surface area contributed by atoms with Crippen LogP contribution in [-0.2, 0) is 42.9 Å². The van der Waals surface area contributed by atoms with Crippen LogP contribution in [-0.4, -0.2) is 83.3 Å². The lowest BCUT2D eigenvalue weighted by atomic mass is 9.96. The molecule has 12 nitrogen and oxygen atoms in total. The molecule has 0 aromatic rings. The van der Waals surface area contributed by atoms with Crippen molar-refractivity contribution in [1.29, 1.82) is 0 Å². The Morgan fingerprint density at radius 2 is 1.45 bits per heavy atom. The number of hydrogen-bond donors (Lipinski definition) is 1. The first-order valence-electron chi connectivity index (χ1n) is 13.6. The van der Waals surface area contributed by atoms with Crippen LogP contribution in [0, 0.1) is 22.2 Å². The van der Waals surface area contributed by atoms with Crippen molar-refractivity contribution in [2.24, 2.45) is 22.2 Å². The number of imide groups is 1. The van der Waals surface area contributed by atoms with E-state index in [9.17, 15) is 29.1 Å². The topological polar surface area (TPSA) is 155 Å². The van der Waals surface area contributed by atoms with Gasteiger partial charge in [0, 0.05) is 0 Å². The Balaban J connectivity index is 2.53. The number of carbonyl (C=O) groups is 5. The summed E-state index contributed by atoms with van der Waals surface area (Å²) in [6, 6.07) is 0. The highest BCUT2D eigenvalue weighted by Crippen LogP contribution is 2.39. The largest absolute Gasteiger partial charge is 0.461 e. The SMILES string of the molecule is CC[C@H](C(=O)N1C(=O)O[C@@H]2[C@@H](OC(=O)C(C)(C)C)[C@@H]([C@@H](COC(=O)C(C)(C)C)OC(=O)C(C)(C)C)O[C@@H]21)[C@@H](C)O. The third kappa shape index (κ3) is 7.51. The van der Waals surface area contributed by atoms with E-state index < -0.39 is 95.4 Å². The fourth-order valence-electron chi connectivity index (χ4n) is 4.01. The lowest BCUT2D eigenvalue weighted by molar-refractivity contribution is -0.191. The number of ether oxygens (including phenoxy) is 5. The Morgan fingerprint density at radius 3 is 1.90 bits per heavy atom. The van der Waals surface area contributed by atoms with E-state index in [0.717, 1.165) is 4.90 Å². The molecule has 2 saturated heterocycles.